The number of methoxy groups -OCH3 is 2. The van der Waals surface area contributed by atoms with Gasteiger partial charge in [0.1, 0.15) is 29.0 Å². The third-order valence-corrected chi connectivity index (χ3v) is 8.22. The Labute approximate surface area is 263 Å². The van der Waals surface area contributed by atoms with E-state index in [4.69, 9.17) is 47.1 Å². The summed E-state index contributed by atoms with van der Waals surface area (Å²) in [4.78, 5) is 26.4. The number of allylic oxidation sites excluding steroid dienone is 1. The molecule has 0 bridgehead atoms. The number of halogens is 2. The maximum Gasteiger partial charge on any atom is 0.229 e. The van der Waals surface area contributed by atoms with Crippen molar-refractivity contribution in [1.82, 2.24) is 19.4 Å². The Bertz CT molecular complexity index is 1890. The summed E-state index contributed by atoms with van der Waals surface area (Å²) in [6.07, 6.45) is 7.41. The average Bonchev–Trinajstić information content (AvgIpc) is 3.73. The van der Waals surface area contributed by atoms with Crippen LogP contribution in [0.1, 0.15) is 17.5 Å². The lowest BCUT2D eigenvalue weighted by Gasteiger charge is -2.18. The second kappa shape index (κ2) is 12.3. The van der Waals surface area contributed by atoms with Crippen LogP contribution in [0.3, 0.4) is 0 Å². The van der Waals surface area contributed by atoms with Gasteiger partial charge >= 0.3 is 0 Å². The fourth-order valence-electron chi connectivity index (χ4n) is 5.22. The molecule has 0 aliphatic carbocycles. The van der Waals surface area contributed by atoms with Crippen LogP contribution in [0.15, 0.2) is 55.5 Å². The van der Waals surface area contributed by atoms with Crippen molar-refractivity contribution in [1.29, 1.82) is 0 Å². The number of carbonyl (C=O) groups excluding carboxylic acids is 1. The lowest BCUT2D eigenvalue weighted by atomic mass is 10.0. The first kappa shape index (κ1) is 29.7. The van der Waals surface area contributed by atoms with E-state index in [0.29, 0.717) is 80.0 Å². The van der Waals surface area contributed by atoms with E-state index in [0.717, 1.165) is 17.5 Å². The molecular weight excluding hydrogens is 605 g/mol. The Balaban J connectivity index is 1.42. The zero-order valence-electron chi connectivity index (χ0n) is 24.3. The second-order valence-electron chi connectivity index (χ2n) is 10.3. The first-order valence-corrected chi connectivity index (χ1v) is 14.6. The van der Waals surface area contributed by atoms with Gasteiger partial charge in [-0.25, -0.2) is 9.97 Å². The van der Waals surface area contributed by atoms with Gasteiger partial charge in [0.15, 0.2) is 11.4 Å². The fraction of sp³-hybridized carbons (Fsp3) is 0.250. The summed E-state index contributed by atoms with van der Waals surface area (Å²) in [6, 6.07) is 7.33. The Morgan fingerprint density at radius 2 is 1.89 bits per heavy atom. The molecule has 0 radical (unpaired) electrons. The minimum atomic E-state index is -0.120. The summed E-state index contributed by atoms with van der Waals surface area (Å²) < 4.78 is 24.4. The number of aryl methyl sites for hydroxylation is 1. The molecule has 226 valence electrons. The molecule has 0 spiro atoms. The number of hydrogen-bond acceptors (Lipinski definition) is 9. The topological polar surface area (TPSA) is 109 Å². The molecule has 12 heteroatoms. The smallest absolute Gasteiger partial charge is 0.229 e. The maximum atomic E-state index is 12.4. The third kappa shape index (κ3) is 5.52. The van der Waals surface area contributed by atoms with Crippen molar-refractivity contribution in [2.75, 3.05) is 32.8 Å². The number of imidazole rings is 1. The Kier molecular flexibility index (Phi) is 8.31. The predicted molar refractivity (Wildman–Crippen MR) is 170 cm³/mol. The zero-order valence-corrected chi connectivity index (χ0v) is 25.8. The Hall–Kier alpha value is -4.38. The van der Waals surface area contributed by atoms with Gasteiger partial charge in [-0.1, -0.05) is 29.8 Å². The Morgan fingerprint density at radius 3 is 2.57 bits per heavy atom. The van der Waals surface area contributed by atoms with Gasteiger partial charge in [0, 0.05) is 59.7 Å². The molecule has 1 saturated heterocycles. The van der Waals surface area contributed by atoms with Crippen LogP contribution < -0.4 is 19.5 Å². The number of benzene rings is 2. The van der Waals surface area contributed by atoms with Crippen LogP contribution in [0.2, 0.25) is 10.0 Å². The highest BCUT2D eigenvalue weighted by atomic mass is 35.5. The maximum absolute atomic E-state index is 12.4. The van der Waals surface area contributed by atoms with Gasteiger partial charge in [-0.3, -0.25) is 9.20 Å². The summed E-state index contributed by atoms with van der Waals surface area (Å²) in [5, 5.41) is 4.67. The predicted octanol–water partition coefficient (Wildman–Crippen LogP) is 6.79. The monoisotopic (exact) mass is 633 g/mol. The van der Waals surface area contributed by atoms with E-state index in [-0.39, 0.29) is 18.3 Å². The van der Waals surface area contributed by atoms with Gasteiger partial charge in [0.05, 0.1) is 37.5 Å². The molecular formula is C32H29Cl2N5O5. The van der Waals surface area contributed by atoms with E-state index in [1.54, 1.807) is 24.7 Å². The van der Waals surface area contributed by atoms with Gasteiger partial charge in [-0.15, -0.1) is 0 Å². The van der Waals surface area contributed by atoms with Crippen LogP contribution in [0, 0.1) is 6.92 Å². The van der Waals surface area contributed by atoms with Crippen molar-refractivity contribution in [3.05, 3.63) is 76.7 Å². The first-order valence-electron chi connectivity index (χ1n) is 13.8. The number of rotatable bonds is 10. The normalized spacial score (nSPS) is 14.6. The minimum Gasteiger partial charge on any atom is -0.495 e. The van der Waals surface area contributed by atoms with E-state index < -0.39 is 0 Å². The molecule has 3 aromatic heterocycles. The lowest BCUT2D eigenvalue weighted by molar-refractivity contribution is -0.114. The largest absolute Gasteiger partial charge is 0.495 e. The molecule has 0 saturated carbocycles. The fourth-order valence-corrected chi connectivity index (χ4v) is 5.93. The molecule has 44 heavy (non-hydrogen) atoms. The highest BCUT2D eigenvalue weighted by Gasteiger charge is 2.23. The number of ether oxygens (including phenoxy) is 4. The standard InChI is InChI=1S/C32H29Cl2N5O5/c1-5-20(40)11-18-13-24(44-21-6-9-43-16-21)17(2)10-23(18)37-32-36-15-19-12-22(31-35-7-8-39(31)30(19)38-32)27-28(33)25(41-3)14-26(42-4)29(27)34/h5,7-8,10,12-15,21H,1,6,9,11,16H2,2-4H3,(H,36,37,38)/t21-/m1/s1. The highest BCUT2D eigenvalue weighted by molar-refractivity contribution is 6.41. The number of carbonyl (C=O) groups is 1. The van der Waals surface area contributed by atoms with E-state index in [1.807, 2.05) is 29.5 Å². The van der Waals surface area contributed by atoms with Gasteiger partial charge in [0.2, 0.25) is 5.95 Å². The Morgan fingerprint density at radius 1 is 1.11 bits per heavy atom. The van der Waals surface area contributed by atoms with Crippen LogP contribution in [0.5, 0.6) is 17.2 Å². The van der Waals surface area contributed by atoms with Gasteiger partial charge in [-0.2, -0.15) is 4.98 Å². The molecule has 1 fully saturated rings. The highest BCUT2D eigenvalue weighted by Crippen LogP contribution is 2.47. The van der Waals surface area contributed by atoms with Crippen molar-refractivity contribution in [2.24, 2.45) is 0 Å². The number of pyridine rings is 1. The number of nitrogens with zero attached hydrogens (tertiary/aromatic N) is 4. The van der Waals surface area contributed by atoms with Crippen molar-refractivity contribution < 1.29 is 23.7 Å². The van der Waals surface area contributed by atoms with E-state index >= 15 is 0 Å². The van der Waals surface area contributed by atoms with Crippen molar-refractivity contribution in [2.45, 2.75) is 25.9 Å². The molecule has 6 rings (SSSR count). The summed E-state index contributed by atoms with van der Waals surface area (Å²) in [5.74, 6) is 1.75. The van der Waals surface area contributed by atoms with Gasteiger partial charge in [0.25, 0.3) is 0 Å². The molecule has 2 aromatic carbocycles. The SMILES string of the molecule is C=CC(=O)Cc1cc(O[C@@H]2CCOC2)c(C)cc1Nc1ncc2cc(-c3c(Cl)c(OC)cc(OC)c3Cl)c3nccn3c2n1. The second-order valence-corrected chi connectivity index (χ2v) is 11.0. The average molecular weight is 635 g/mol. The van der Waals surface area contributed by atoms with E-state index in [1.165, 1.54) is 20.3 Å². The molecule has 5 aromatic rings. The van der Waals surface area contributed by atoms with Crippen molar-refractivity contribution in [3.63, 3.8) is 0 Å². The minimum absolute atomic E-state index is 0.0235. The van der Waals surface area contributed by atoms with E-state index in [9.17, 15) is 4.79 Å². The van der Waals surface area contributed by atoms with Crippen LogP contribution in [0.4, 0.5) is 11.6 Å². The molecule has 10 nitrogen and oxygen atoms in total. The molecule has 1 aliphatic heterocycles. The van der Waals surface area contributed by atoms with Gasteiger partial charge < -0.3 is 24.3 Å². The number of aromatic nitrogens is 4. The molecule has 1 atom stereocenters. The van der Waals surface area contributed by atoms with E-state index in [2.05, 4.69) is 21.9 Å². The van der Waals surface area contributed by atoms with Crippen LogP contribution in [-0.4, -0.2) is 58.7 Å². The van der Waals surface area contributed by atoms with Crippen molar-refractivity contribution in [3.8, 4) is 28.4 Å². The number of ketones is 1. The molecule has 4 heterocycles. The van der Waals surface area contributed by atoms with Gasteiger partial charge in [-0.05, 0) is 42.3 Å². The summed E-state index contributed by atoms with van der Waals surface area (Å²) >= 11 is 13.5. The molecule has 0 amide bonds. The summed E-state index contributed by atoms with van der Waals surface area (Å²) in [6.45, 7) is 6.80. The third-order valence-electron chi connectivity index (χ3n) is 7.47. The molecule has 1 aliphatic rings. The number of hydrogen-bond donors (Lipinski definition) is 1. The number of anilines is 2. The molecule has 0 unspecified atom stereocenters. The van der Waals surface area contributed by atoms with Crippen LogP contribution in [0.25, 0.3) is 27.8 Å². The number of fused-ring (bicyclic) bond motifs is 3. The zero-order chi connectivity index (χ0) is 31.0. The van der Waals surface area contributed by atoms with Crippen LogP contribution >= 0.6 is 23.2 Å². The summed E-state index contributed by atoms with van der Waals surface area (Å²) in [7, 11) is 3.05. The quantitative estimate of drug-likeness (QED) is 0.166. The van der Waals surface area contributed by atoms with Crippen LogP contribution in [-0.2, 0) is 16.0 Å². The first-order chi connectivity index (χ1) is 21.3. The summed E-state index contributed by atoms with van der Waals surface area (Å²) in [5.41, 5.74) is 4.67. The lowest BCUT2D eigenvalue weighted by Crippen LogP contribution is -2.17. The van der Waals surface area contributed by atoms with Crippen molar-refractivity contribution >= 4 is 57.3 Å². The molecule has 1 N–H and O–H groups in total. The number of nitrogens with one attached hydrogen (secondary N) is 1.